The number of aromatic hydroxyl groups is 1. The molecule has 0 fully saturated rings. The average molecular weight is 378 g/mol. The van der Waals surface area contributed by atoms with Gasteiger partial charge in [-0.25, -0.2) is 4.98 Å². The van der Waals surface area contributed by atoms with Crippen molar-refractivity contribution in [3.05, 3.63) is 63.0 Å². The average Bonchev–Trinajstić information content (AvgIpc) is 2.93. The Kier molecular flexibility index (Phi) is 5.04. The zero-order valence-electron chi connectivity index (χ0n) is 12.6. The van der Waals surface area contributed by atoms with Crippen LogP contribution in [0.5, 0.6) is 5.75 Å². The summed E-state index contributed by atoms with van der Waals surface area (Å²) in [6, 6.07) is 13.0. The molecule has 2 aromatic carbocycles. The van der Waals surface area contributed by atoms with Crippen molar-refractivity contribution in [3.8, 4) is 17.0 Å². The van der Waals surface area contributed by atoms with Crippen LogP contribution in [0.1, 0.15) is 10.4 Å². The Morgan fingerprint density at radius 1 is 1.21 bits per heavy atom. The van der Waals surface area contributed by atoms with E-state index in [1.54, 1.807) is 6.07 Å². The van der Waals surface area contributed by atoms with Gasteiger partial charge in [-0.2, -0.15) is 5.10 Å². The Labute approximate surface area is 153 Å². The van der Waals surface area contributed by atoms with Crippen molar-refractivity contribution >= 4 is 45.9 Å². The Morgan fingerprint density at radius 3 is 2.71 bits per heavy atom. The van der Waals surface area contributed by atoms with Crippen LogP contribution in [0.3, 0.4) is 0 Å². The number of hydrogen-bond acceptors (Lipinski definition) is 5. The molecule has 0 aliphatic rings. The number of aryl methyl sites for hydroxylation is 1. The van der Waals surface area contributed by atoms with Crippen LogP contribution in [0, 0.1) is 6.92 Å². The van der Waals surface area contributed by atoms with E-state index < -0.39 is 0 Å². The lowest BCUT2D eigenvalue weighted by atomic mass is 10.1. The third kappa shape index (κ3) is 3.70. The third-order valence-electron chi connectivity index (χ3n) is 3.27. The molecule has 0 saturated heterocycles. The molecular formula is C17H13Cl2N3OS. The van der Waals surface area contributed by atoms with Crippen LogP contribution in [-0.4, -0.2) is 16.3 Å². The van der Waals surface area contributed by atoms with Gasteiger partial charge >= 0.3 is 0 Å². The molecule has 7 heteroatoms. The highest BCUT2D eigenvalue weighted by Gasteiger charge is 2.09. The van der Waals surface area contributed by atoms with Crippen LogP contribution in [-0.2, 0) is 0 Å². The van der Waals surface area contributed by atoms with Gasteiger partial charge in [0, 0.05) is 21.0 Å². The van der Waals surface area contributed by atoms with Gasteiger partial charge in [-0.1, -0.05) is 53.5 Å². The number of thiazole rings is 1. The number of nitrogens with one attached hydrogen (secondary N) is 1. The molecule has 4 nitrogen and oxygen atoms in total. The van der Waals surface area contributed by atoms with E-state index in [1.165, 1.54) is 23.6 Å². The van der Waals surface area contributed by atoms with Gasteiger partial charge in [-0.15, -0.1) is 11.3 Å². The van der Waals surface area contributed by atoms with Gasteiger partial charge in [0.15, 0.2) is 0 Å². The molecule has 122 valence electrons. The summed E-state index contributed by atoms with van der Waals surface area (Å²) < 4.78 is 0. The Balaban J connectivity index is 1.79. The summed E-state index contributed by atoms with van der Waals surface area (Å²) in [5.41, 5.74) is 5.28. The van der Waals surface area contributed by atoms with Crippen molar-refractivity contribution in [1.82, 2.24) is 4.98 Å². The zero-order chi connectivity index (χ0) is 17.1. The van der Waals surface area contributed by atoms with Crippen LogP contribution >= 0.6 is 34.5 Å². The topological polar surface area (TPSA) is 57.5 Å². The fourth-order valence-electron chi connectivity index (χ4n) is 2.15. The molecule has 1 heterocycles. The molecule has 0 bridgehead atoms. The van der Waals surface area contributed by atoms with E-state index in [0.29, 0.717) is 15.7 Å². The van der Waals surface area contributed by atoms with E-state index in [1.807, 2.05) is 37.3 Å². The van der Waals surface area contributed by atoms with Gasteiger partial charge in [0.25, 0.3) is 0 Å². The van der Waals surface area contributed by atoms with Crippen molar-refractivity contribution in [1.29, 1.82) is 0 Å². The standard InChI is InChI=1S/C17H13Cl2N3OS/c1-10-15(11-5-3-2-4-6-11)21-17(24-10)22-20-9-12-7-13(18)8-14(19)16(12)23/h2-9,23H,1H3,(H,21,22)/b20-9-. The first-order chi connectivity index (χ1) is 11.5. The minimum Gasteiger partial charge on any atom is -0.506 e. The van der Waals surface area contributed by atoms with Crippen molar-refractivity contribution in [3.63, 3.8) is 0 Å². The molecule has 3 rings (SSSR count). The Morgan fingerprint density at radius 2 is 1.96 bits per heavy atom. The van der Waals surface area contributed by atoms with Crippen LogP contribution in [0.25, 0.3) is 11.3 Å². The number of phenols is 1. The first-order valence-electron chi connectivity index (χ1n) is 7.04. The Bertz CT molecular complexity index is 894. The fraction of sp³-hybridized carbons (Fsp3) is 0.0588. The van der Waals surface area contributed by atoms with Gasteiger partial charge in [-0.05, 0) is 19.1 Å². The highest BCUT2D eigenvalue weighted by Crippen LogP contribution is 2.31. The number of phenolic OH excluding ortho intramolecular Hbond substituents is 1. The molecule has 0 unspecified atom stereocenters. The van der Waals surface area contributed by atoms with Crippen molar-refractivity contribution in [2.45, 2.75) is 6.92 Å². The molecular weight excluding hydrogens is 365 g/mol. The van der Waals surface area contributed by atoms with Gasteiger partial charge in [0.2, 0.25) is 5.13 Å². The van der Waals surface area contributed by atoms with Crippen LogP contribution < -0.4 is 5.43 Å². The third-order valence-corrected chi connectivity index (χ3v) is 4.65. The quantitative estimate of drug-likeness (QED) is 0.461. The summed E-state index contributed by atoms with van der Waals surface area (Å²) in [5.74, 6) is -0.0630. The fourth-order valence-corrected chi connectivity index (χ4v) is 3.44. The summed E-state index contributed by atoms with van der Waals surface area (Å²) in [6.07, 6.45) is 1.45. The highest BCUT2D eigenvalue weighted by atomic mass is 35.5. The van der Waals surface area contributed by atoms with E-state index in [9.17, 15) is 5.11 Å². The van der Waals surface area contributed by atoms with E-state index in [2.05, 4.69) is 15.5 Å². The van der Waals surface area contributed by atoms with E-state index in [-0.39, 0.29) is 10.8 Å². The largest absolute Gasteiger partial charge is 0.506 e. The summed E-state index contributed by atoms with van der Waals surface area (Å²) >= 11 is 13.3. The number of halogens is 2. The summed E-state index contributed by atoms with van der Waals surface area (Å²) in [5, 5.41) is 15.3. The van der Waals surface area contributed by atoms with Crippen molar-refractivity contribution < 1.29 is 5.11 Å². The Hall–Kier alpha value is -2.08. The maximum Gasteiger partial charge on any atom is 0.204 e. The molecule has 0 radical (unpaired) electrons. The van der Waals surface area contributed by atoms with Gasteiger partial charge < -0.3 is 5.11 Å². The number of hydrogen-bond donors (Lipinski definition) is 2. The van der Waals surface area contributed by atoms with Crippen molar-refractivity contribution in [2.24, 2.45) is 5.10 Å². The minimum atomic E-state index is -0.0630. The maximum absolute atomic E-state index is 9.89. The second-order valence-corrected chi connectivity index (χ2v) is 7.03. The number of anilines is 1. The molecule has 0 atom stereocenters. The molecule has 0 spiro atoms. The molecule has 3 aromatic rings. The number of hydrazone groups is 1. The van der Waals surface area contributed by atoms with E-state index in [0.717, 1.165) is 16.1 Å². The molecule has 1 aromatic heterocycles. The predicted molar refractivity (Wildman–Crippen MR) is 102 cm³/mol. The van der Waals surface area contributed by atoms with Gasteiger partial charge in [-0.3, -0.25) is 5.43 Å². The number of nitrogens with zero attached hydrogens (tertiary/aromatic N) is 2. The second kappa shape index (κ2) is 7.21. The molecule has 2 N–H and O–H groups in total. The number of rotatable bonds is 4. The van der Waals surface area contributed by atoms with Gasteiger partial charge in [0.1, 0.15) is 5.75 Å². The van der Waals surface area contributed by atoms with E-state index in [4.69, 9.17) is 23.2 Å². The smallest absolute Gasteiger partial charge is 0.204 e. The molecule has 0 aliphatic carbocycles. The SMILES string of the molecule is Cc1sc(N/N=C\c2cc(Cl)cc(Cl)c2O)nc1-c1ccccc1. The second-order valence-electron chi connectivity index (χ2n) is 4.99. The molecule has 0 amide bonds. The normalized spacial score (nSPS) is 11.1. The summed E-state index contributed by atoms with van der Waals surface area (Å²) in [4.78, 5) is 5.64. The lowest BCUT2D eigenvalue weighted by Gasteiger charge is -2.02. The first-order valence-corrected chi connectivity index (χ1v) is 8.62. The number of aromatic nitrogens is 1. The lowest BCUT2D eigenvalue weighted by Crippen LogP contribution is -1.91. The van der Waals surface area contributed by atoms with Crippen LogP contribution in [0.4, 0.5) is 5.13 Å². The highest BCUT2D eigenvalue weighted by molar-refractivity contribution is 7.15. The summed E-state index contributed by atoms with van der Waals surface area (Å²) in [6.45, 7) is 2.01. The first kappa shape index (κ1) is 16.8. The predicted octanol–water partition coefficient (Wildman–Crippen LogP) is 5.58. The molecule has 0 aliphatic heterocycles. The number of benzene rings is 2. The van der Waals surface area contributed by atoms with E-state index >= 15 is 0 Å². The molecule has 0 saturated carbocycles. The van der Waals surface area contributed by atoms with Crippen LogP contribution in [0.2, 0.25) is 10.0 Å². The van der Waals surface area contributed by atoms with Crippen molar-refractivity contribution in [2.75, 3.05) is 5.43 Å². The maximum atomic E-state index is 9.89. The van der Waals surface area contributed by atoms with Gasteiger partial charge in [0.05, 0.1) is 16.9 Å². The van der Waals surface area contributed by atoms with Crippen LogP contribution in [0.15, 0.2) is 47.6 Å². The molecule has 24 heavy (non-hydrogen) atoms. The lowest BCUT2D eigenvalue weighted by molar-refractivity contribution is 0.475. The minimum absolute atomic E-state index is 0.0630. The zero-order valence-corrected chi connectivity index (χ0v) is 15.0. The monoisotopic (exact) mass is 377 g/mol. The summed E-state index contributed by atoms with van der Waals surface area (Å²) in [7, 11) is 0.